The van der Waals surface area contributed by atoms with Crippen LogP contribution in [0.3, 0.4) is 0 Å². The molecule has 0 aliphatic heterocycles. The number of alkyl halides is 1. The highest BCUT2D eigenvalue weighted by atomic mass is 35.5. The number of rotatable bonds is 15. The van der Waals surface area contributed by atoms with Gasteiger partial charge in [0.15, 0.2) is 0 Å². The largest absolute Gasteiger partial charge is 0.382 e. The minimum atomic E-state index is -1.10. The number of halogens is 1. The molecule has 0 fully saturated rings. The van der Waals surface area contributed by atoms with Gasteiger partial charge in [0, 0.05) is 38.6 Å². The second-order valence-electron chi connectivity index (χ2n) is 9.91. The molecule has 0 unspecified atom stereocenters. The number of methoxy groups -OCH3 is 1. The lowest BCUT2D eigenvalue weighted by atomic mass is 10.1. The highest BCUT2D eigenvalue weighted by molar-refractivity contribution is 6.27. The third-order valence-corrected chi connectivity index (χ3v) is 5.42. The van der Waals surface area contributed by atoms with Crippen LogP contribution in [0, 0.1) is 6.92 Å². The van der Waals surface area contributed by atoms with Crippen molar-refractivity contribution in [3.8, 4) is 0 Å². The lowest BCUT2D eigenvalue weighted by Gasteiger charge is -2.24. The van der Waals surface area contributed by atoms with Gasteiger partial charge in [0.25, 0.3) is 0 Å². The number of hydrogen-bond donors (Lipinski definition) is 5. The van der Waals surface area contributed by atoms with Crippen LogP contribution < -0.4 is 26.6 Å². The molecule has 0 radical (unpaired) electrons. The van der Waals surface area contributed by atoms with Gasteiger partial charge in [0.2, 0.25) is 29.5 Å². The van der Waals surface area contributed by atoms with Gasteiger partial charge < -0.3 is 31.3 Å². The summed E-state index contributed by atoms with van der Waals surface area (Å²) in [5.74, 6) is -2.56. The molecule has 0 bridgehead atoms. The van der Waals surface area contributed by atoms with Crippen molar-refractivity contribution < 1.29 is 28.7 Å². The van der Waals surface area contributed by atoms with Gasteiger partial charge in [-0.2, -0.15) is 0 Å². The Balaban J connectivity index is 2.85. The molecule has 0 saturated carbocycles. The number of benzene rings is 1. The van der Waals surface area contributed by atoms with Crippen molar-refractivity contribution in [1.82, 2.24) is 26.6 Å². The maximum Gasteiger partial charge on any atom is 0.245 e. The van der Waals surface area contributed by atoms with Gasteiger partial charge in [-0.3, -0.25) is 24.0 Å². The van der Waals surface area contributed by atoms with E-state index in [9.17, 15) is 24.0 Å². The summed E-state index contributed by atoms with van der Waals surface area (Å²) in [7, 11) is 1.40. The summed E-state index contributed by atoms with van der Waals surface area (Å²) < 4.78 is 5.12. The predicted molar refractivity (Wildman–Crippen MR) is 144 cm³/mol. The molecule has 1 aromatic rings. The lowest BCUT2D eigenvalue weighted by Crippen LogP contribution is -2.55. The fourth-order valence-corrected chi connectivity index (χ4v) is 3.39. The molecule has 11 nitrogen and oxygen atoms in total. The Bertz CT molecular complexity index is 948. The number of carbonyl (C=O) groups is 5. The van der Waals surface area contributed by atoms with Crippen LogP contribution in [0.15, 0.2) is 24.3 Å². The number of carbonyl (C=O) groups excluding carboxylic acids is 5. The van der Waals surface area contributed by atoms with Crippen LogP contribution in [0.25, 0.3) is 0 Å². The lowest BCUT2D eigenvalue weighted by molar-refractivity contribution is -0.133. The van der Waals surface area contributed by atoms with Crippen LogP contribution in [-0.4, -0.2) is 73.3 Å². The van der Waals surface area contributed by atoms with E-state index in [4.69, 9.17) is 16.3 Å². The first kappa shape index (κ1) is 32.8. The Morgan fingerprint density at radius 3 is 2.11 bits per heavy atom. The van der Waals surface area contributed by atoms with E-state index in [0.29, 0.717) is 0 Å². The monoisotopic (exact) mass is 553 g/mol. The average Bonchev–Trinajstić information content (AvgIpc) is 2.84. The molecule has 1 rings (SSSR count). The number of amides is 5. The number of nitrogens with one attached hydrogen (secondary N) is 5. The average molecular weight is 554 g/mol. The van der Waals surface area contributed by atoms with Crippen LogP contribution >= 0.6 is 11.6 Å². The van der Waals surface area contributed by atoms with Crippen molar-refractivity contribution >= 4 is 41.1 Å². The molecule has 5 N–H and O–H groups in total. The van der Waals surface area contributed by atoms with Gasteiger partial charge in [0.1, 0.15) is 18.0 Å². The summed E-state index contributed by atoms with van der Waals surface area (Å²) in [6.07, 6.45) is -0.134. The quantitative estimate of drug-likeness (QED) is 0.201. The van der Waals surface area contributed by atoms with Crippen molar-refractivity contribution in [3.63, 3.8) is 0 Å². The third-order valence-electron chi connectivity index (χ3n) is 5.18. The van der Waals surface area contributed by atoms with Crippen molar-refractivity contribution in [2.45, 2.75) is 71.1 Å². The normalized spacial score (nSPS) is 12.6. The van der Waals surface area contributed by atoms with E-state index >= 15 is 0 Å². The zero-order valence-corrected chi connectivity index (χ0v) is 23.5. The van der Waals surface area contributed by atoms with Crippen LogP contribution in [0.5, 0.6) is 0 Å². The molecule has 0 spiro atoms. The van der Waals surface area contributed by atoms with Crippen LogP contribution in [0.2, 0.25) is 0 Å². The molecule has 212 valence electrons. The molecule has 5 amide bonds. The van der Waals surface area contributed by atoms with Gasteiger partial charge >= 0.3 is 0 Å². The molecule has 1 aromatic carbocycles. The Kier molecular flexibility index (Phi) is 14.4. The maximum absolute atomic E-state index is 13.1. The van der Waals surface area contributed by atoms with E-state index in [2.05, 4.69) is 26.6 Å². The molecule has 0 aromatic heterocycles. The Morgan fingerprint density at radius 2 is 1.53 bits per heavy atom. The molecule has 2 atom stereocenters. The smallest absolute Gasteiger partial charge is 0.245 e. The molecule has 38 heavy (non-hydrogen) atoms. The van der Waals surface area contributed by atoms with Crippen molar-refractivity contribution in [3.05, 3.63) is 35.4 Å². The Hall–Kier alpha value is -3.18. The SMILES string of the molecule is COC[C@H](NC(=O)[C@H](CCC(=O)NC(C)(C)C)NC(=O)CCNC(=O)CCl)C(=O)NCc1ccc(C)cc1. The fourth-order valence-electron chi connectivity index (χ4n) is 3.29. The van der Waals surface area contributed by atoms with Crippen LogP contribution in [0.1, 0.15) is 51.2 Å². The highest BCUT2D eigenvalue weighted by Gasteiger charge is 2.27. The first-order valence-corrected chi connectivity index (χ1v) is 12.9. The summed E-state index contributed by atoms with van der Waals surface area (Å²) in [5.41, 5.74) is 1.52. The fraction of sp³-hybridized carbons (Fsp3) is 0.577. The first-order chi connectivity index (χ1) is 17.8. The predicted octanol–water partition coefficient (Wildman–Crippen LogP) is 0.667. The third kappa shape index (κ3) is 13.9. The van der Waals surface area contributed by atoms with E-state index < -0.39 is 41.3 Å². The van der Waals surface area contributed by atoms with Gasteiger partial charge in [-0.05, 0) is 39.7 Å². The van der Waals surface area contributed by atoms with Gasteiger partial charge in [-0.25, -0.2) is 0 Å². The van der Waals surface area contributed by atoms with E-state index in [-0.39, 0.29) is 50.7 Å². The zero-order valence-electron chi connectivity index (χ0n) is 22.7. The second-order valence-corrected chi connectivity index (χ2v) is 10.2. The molecule has 0 aliphatic rings. The summed E-state index contributed by atoms with van der Waals surface area (Å²) in [6.45, 7) is 7.65. The molecular weight excluding hydrogens is 514 g/mol. The minimum absolute atomic E-state index is 0.00177. The Labute approximate surface area is 229 Å². The van der Waals surface area contributed by atoms with E-state index in [1.807, 2.05) is 52.0 Å². The maximum atomic E-state index is 13.1. The summed E-state index contributed by atoms with van der Waals surface area (Å²) in [5, 5.41) is 13.3. The summed E-state index contributed by atoms with van der Waals surface area (Å²) in [6, 6.07) is 5.53. The second kappa shape index (κ2) is 16.6. The topological polar surface area (TPSA) is 155 Å². The molecular formula is C26H40ClN5O6. The standard InChI is InChI=1S/C26H40ClN5O6/c1-17-6-8-18(9-7-17)15-29-24(36)20(16-38-5)31-25(37)19(10-11-22(34)32-26(2,3)4)30-21(33)12-13-28-23(35)14-27/h6-9,19-20H,10-16H2,1-5H3,(H,28,35)(H,29,36)(H,30,33)(H,31,37)(H,32,34)/t19-,20-/m0/s1. The van der Waals surface area contributed by atoms with Gasteiger partial charge in [-0.1, -0.05) is 29.8 Å². The van der Waals surface area contributed by atoms with Crippen LogP contribution in [0.4, 0.5) is 0 Å². The first-order valence-electron chi connectivity index (χ1n) is 12.4. The van der Waals surface area contributed by atoms with E-state index in [0.717, 1.165) is 11.1 Å². The molecule has 12 heteroatoms. The molecule has 0 aliphatic carbocycles. The van der Waals surface area contributed by atoms with Gasteiger partial charge in [-0.15, -0.1) is 11.6 Å². The van der Waals surface area contributed by atoms with Gasteiger partial charge in [0.05, 0.1) is 6.61 Å². The van der Waals surface area contributed by atoms with Crippen molar-refractivity contribution in [2.75, 3.05) is 26.1 Å². The van der Waals surface area contributed by atoms with Crippen molar-refractivity contribution in [1.29, 1.82) is 0 Å². The number of ether oxygens (including phenoxy) is 1. The Morgan fingerprint density at radius 1 is 0.868 bits per heavy atom. The summed E-state index contributed by atoms with van der Waals surface area (Å²) >= 11 is 5.43. The van der Waals surface area contributed by atoms with E-state index in [1.165, 1.54) is 7.11 Å². The number of aryl methyl sites for hydroxylation is 1. The van der Waals surface area contributed by atoms with E-state index in [1.54, 1.807) is 0 Å². The minimum Gasteiger partial charge on any atom is -0.382 e. The van der Waals surface area contributed by atoms with Crippen molar-refractivity contribution in [2.24, 2.45) is 0 Å². The number of hydrogen-bond acceptors (Lipinski definition) is 6. The summed E-state index contributed by atoms with van der Waals surface area (Å²) in [4.78, 5) is 62.0. The molecule has 0 heterocycles. The van der Waals surface area contributed by atoms with Crippen LogP contribution in [-0.2, 0) is 35.3 Å². The zero-order chi connectivity index (χ0) is 28.7. The molecule has 0 saturated heterocycles. The highest BCUT2D eigenvalue weighted by Crippen LogP contribution is 2.05.